The molecule has 0 radical (unpaired) electrons. The Morgan fingerprint density at radius 1 is 1.25 bits per heavy atom. The first-order chi connectivity index (χ1) is 15.1. The lowest BCUT2D eigenvalue weighted by Crippen LogP contribution is -2.58. The number of carbonyl (C=O) groups excluding carboxylic acids is 1. The van der Waals surface area contributed by atoms with Gasteiger partial charge in [-0.2, -0.15) is 0 Å². The van der Waals surface area contributed by atoms with Crippen molar-refractivity contribution in [3.63, 3.8) is 0 Å². The van der Waals surface area contributed by atoms with Crippen LogP contribution in [0.25, 0.3) is 17.3 Å². The third-order valence-electron chi connectivity index (χ3n) is 6.82. The van der Waals surface area contributed by atoms with E-state index in [-0.39, 0.29) is 33.9 Å². The second kappa shape index (κ2) is 8.16. The average molecular weight is 440 g/mol. The molecule has 32 heavy (non-hydrogen) atoms. The molecule has 2 saturated heterocycles. The summed E-state index contributed by atoms with van der Waals surface area (Å²) in [4.78, 5) is 13.5. The van der Waals surface area contributed by atoms with Gasteiger partial charge in [-0.1, -0.05) is 0 Å². The molecule has 0 saturated carbocycles. The molecule has 2 aliphatic heterocycles. The number of phenolic OH excluding ortho intramolecular Hbond substituents is 1. The number of carbonyl (C=O) groups is 1. The number of hydrogen-bond donors (Lipinski definition) is 3. The highest BCUT2D eigenvalue weighted by Crippen LogP contribution is 2.43. The highest BCUT2D eigenvalue weighted by Gasteiger charge is 2.49. The van der Waals surface area contributed by atoms with E-state index in [1.54, 1.807) is 6.07 Å². The van der Waals surface area contributed by atoms with Crippen molar-refractivity contribution in [1.82, 2.24) is 20.8 Å². The number of hydrogen-bond acceptors (Lipinski definition) is 6. The van der Waals surface area contributed by atoms with E-state index in [1.807, 2.05) is 13.1 Å². The smallest absolute Gasteiger partial charge is 0.243 e. The Kier molecular flexibility index (Phi) is 5.67. The van der Waals surface area contributed by atoms with Crippen LogP contribution in [0.2, 0.25) is 0 Å². The molecule has 8 heteroatoms. The molecule has 0 spiro atoms. The maximum Gasteiger partial charge on any atom is 0.243 e. The Balaban J connectivity index is 1.53. The maximum absolute atomic E-state index is 14.5. The molecule has 1 unspecified atom stereocenters. The van der Waals surface area contributed by atoms with E-state index in [2.05, 4.69) is 39.6 Å². The van der Waals surface area contributed by atoms with E-state index < -0.39 is 5.82 Å². The summed E-state index contributed by atoms with van der Waals surface area (Å²) in [7, 11) is 3.52. The van der Waals surface area contributed by atoms with Crippen LogP contribution < -0.4 is 15.5 Å². The summed E-state index contributed by atoms with van der Waals surface area (Å²) < 4.78 is 14.5. The number of nitrogens with zero attached hydrogens (tertiary/aromatic N) is 3. The van der Waals surface area contributed by atoms with Crippen molar-refractivity contribution in [2.45, 2.75) is 56.7 Å². The van der Waals surface area contributed by atoms with Crippen LogP contribution in [0.3, 0.4) is 0 Å². The Labute approximate surface area is 187 Å². The third kappa shape index (κ3) is 4.32. The van der Waals surface area contributed by atoms with Crippen molar-refractivity contribution in [1.29, 1.82) is 0 Å². The maximum atomic E-state index is 14.5. The van der Waals surface area contributed by atoms with Crippen molar-refractivity contribution in [3.8, 4) is 17.0 Å². The van der Waals surface area contributed by atoms with Gasteiger partial charge in [0.15, 0.2) is 5.82 Å². The number of halogens is 1. The summed E-state index contributed by atoms with van der Waals surface area (Å²) in [6.07, 6.45) is 6.96. The van der Waals surface area contributed by atoms with Crippen LogP contribution in [-0.2, 0) is 4.79 Å². The number of aromatic hydroxyl groups is 1. The van der Waals surface area contributed by atoms with Crippen molar-refractivity contribution in [3.05, 3.63) is 41.7 Å². The first-order valence-corrected chi connectivity index (χ1v) is 10.9. The molecule has 170 valence electrons. The van der Waals surface area contributed by atoms with Crippen LogP contribution in [-0.4, -0.2) is 52.4 Å². The van der Waals surface area contributed by atoms with E-state index in [9.17, 15) is 14.3 Å². The SMILES string of the molecule is CNC(=O)/C=C/c1cc(O)c(-c2ccc(N(C)C3C[C@]4(C)CC[C@](C)(C3)N4)nn2)cc1F. The fourth-order valence-corrected chi connectivity index (χ4v) is 5.10. The highest BCUT2D eigenvalue weighted by atomic mass is 19.1. The number of benzene rings is 1. The fourth-order valence-electron chi connectivity index (χ4n) is 5.10. The van der Waals surface area contributed by atoms with Crippen molar-refractivity contribution in [2.75, 3.05) is 19.0 Å². The predicted octanol–water partition coefficient (Wildman–Crippen LogP) is 3.25. The van der Waals surface area contributed by atoms with Gasteiger partial charge in [-0.15, -0.1) is 10.2 Å². The zero-order valence-corrected chi connectivity index (χ0v) is 18.9. The Morgan fingerprint density at radius 3 is 2.53 bits per heavy atom. The van der Waals surface area contributed by atoms with Gasteiger partial charge < -0.3 is 20.6 Å². The first-order valence-electron chi connectivity index (χ1n) is 10.9. The minimum absolute atomic E-state index is 0.113. The summed E-state index contributed by atoms with van der Waals surface area (Å²) >= 11 is 0. The van der Waals surface area contributed by atoms with E-state index in [0.29, 0.717) is 11.7 Å². The second-order valence-corrected chi connectivity index (χ2v) is 9.53. The van der Waals surface area contributed by atoms with Gasteiger partial charge in [-0.05, 0) is 69.9 Å². The first kappa shape index (κ1) is 22.2. The largest absolute Gasteiger partial charge is 0.507 e. The number of piperidine rings is 1. The minimum atomic E-state index is -0.562. The number of fused-ring (bicyclic) bond motifs is 2. The average Bonchev–Trinajstić information content (AvgIpc) is 2.99. The highest BCUT2D eigenvalue weighted by molar-refractivity contribution is 5.91. The van der Waals surface area contributed by atoms with Crippen LogP contribution in [0.15, 0.2) is 30.3 Å². The van der Waals surface area contributed by atoms with E-state index in [4.69, 9.17) is 0 Å². The van der Waals surface area contributed by atoms with Gasteiger partial charge >= 0.3 is 0 Å². The lowest BCUT2D eigenvalue weighted by Gasteiger charge is -2.45. The van der Waals surface area contributed by atoms with Crippen LogP contribution in [0.4, 0.5) is 10.2 Å². The molecular weight excluding hydrogens is 409 g/mol. The van der Waals surface area contributed by atoms with Crippen molar-refractivity contribution >= 4 is 17.8 Å². The number of phenols is 1. The van der Waals surface area contributed by atoms with Crippen molar-refractivity contribution < 1.29 is 14.3 Å². The molecule has 2 fully saturated rings. The standard InChI is InChI=1S/C24H30FN5O2/c1-23-9-10-24(2,29-23)14-16(13-23)30(4)21-7-6-19(27-28-21)17-12-18(25)15(11-20(17)31)5-8-22(32)26-3/h5-8,11-12,16,29,31H,9-10,13-14H2,1-4H3,(H,26,32)/b8-5+/t16?,23-,24+. The monoisotopic (exact) mass is 439 g/mol. The molecule has 7 nitrogen and oxygen atoms in total. The van der Waals surface area contributed by atoms with Crippen LogP contribution in [0.1, 0.15) is 45.1 Å². The van der Waals surface area contributed by atoms with Gasteiger partial charge in [-0.25, -0.2) is 4.39 Å². The molecule has 2 bridgehead atoms. The zero-order valence-electron chi connectivity index (χ0n) is 18.9. The quantitative estimate of drug-likeness (QED) is 0.620. The van der Waals surface area contributed by atoms with Gasteiger partial charge in [0.1, 0.15) is 11.6 Å². The van der Waals surface area contributed by atoms with E-state index >= 15 is 0 Å². The molecule has 3 N–H and O–H groups in total. The molecule has 4 rings (SSSR count). The molecular formula is C24H30FN5O2. The van der Waals surface area contributed by atoms with Gasteiger partial charge in [-0.3, -0.25) is 4.79 Å². The van der Waals surface area contributed by atoms with E-state index in [0.717, 1.165) is 18.7 Å². The minimum Gasteiger partial charge on any atom is -0.507 e. The fraction of sp³-hybridized carbons (Fsp3) is 0.458. The Hall–Kier alpha value is -3.00. The molecule has 2 aromatic rings. The van der Waals surface area contributed by atoms with Gasteiger partial charge in [0, 0.05) is 48.4 Å². The van der Waals surface area contributed by atoms with Gasteiger partial charge in [0.05, 0.1) is 5.69 Å². The number of nitrogens with one attached hydrogen (secondary N) is 2. The molecule has 3 atom stereocenters. The molecule has 0 aliphatic carbocycles. The second-order valence-electron chi connectivity index (χ2n) is 9.53. The molecule has 2 aliphatic rings. The topological polar surface area (TPSA) is 90.4 Å². The lowest BCUT2D eigenvalue weighted by atomic mass is 9.84. The zero-order chi connectivity index (χ0) is 23.1. The van der Waals surface area contributed by atoms with E-state index in [1.165, 1.54) is 44.2 Å². The number of likely N-dealkylation sites (N-methyl/N-ethyl adjacent to an activating group) is 1. The molecule has 3 heterocycles. The number of amides is 1. The molecule has 1 aromatic carbocycles. The third-order valence-corrected chi connectivity index (χ3v) is 6.82. The lowest BCUT2D eigenvalue weighted by molar-refractivity contribution is -0.115. The molecule has 1 aromatic heterocycles. The van der Waals surface area contributed by atoms with Crippen LogP contribution >= 0.6 is 0 Å². The number of rotatable bonds is 5. The van der Waals surface area contributed by atoms with Gasteiger partial charge in [0.2, 0.25) is 5.91 Å². The number of aromatic nitrogens is 2. The van der Waals surface area contributed by atoms with Crippen LogP contribution in [0, 0.1) is 5.82 Å². The summed E-state index contributed by atoms with van der Waals surface area (Å²) in [5, 5.41) is 25.2. The van der Waals surface area contributed by atoms with Crippen LogP contribution in [0.5, 0.6) is 5.75 Å². The molecule has 1 amide bonds. The van der Waals surface area contributed by atoms with Crippen molar-refractivity contribution in [2.24, 2.45) is 0 Å². The summed E-state index contributed by atoms with van der Waals surface area (Å²) in [5.74, 6) is -0.303. The summed E-state index contributed by atoms with van der Waals surface area (Å²) in [6, 6.07) is 6.43. The summed E-state index contributed by atoms with van der Waals surface area (Å²) in [6.45, 7) is 4.58. The Bertz CT molecular complexity index is 1040. The normalized spacial score (nSPS) is 27.0. The summed E-state index contributed by atoms with van der Waals surface area (Å²) in [5.41, 5.74) is 1.04. The number of anilines is 1. The predicted molar refractivity (Wildman–Crippen MR) is 123 cm³/mol. The van der Waals surface area contributed by atoms with Gasteiger partial charge in [0.25, 0.3) is 0 Å². The Morgan fingerprint density at radius 2 is 1.94 bits per heavy atom.